The number of nitrogen functional groups attached to an aromatic ring is 2. The van der Waals surface area contributed by atoms with Gasteiger partial charge in [0.05, 0.1) is 30.1 Å². The standard InChI is InChI=1S/C25H27FN8O2/c1-14(13-36-2)34-19(35)11-15-20-16(12-27)24(30-22(28)21(20)23(29)31-25(15)34)33-9-7-32(8-10-33)18-6-4-3-5-17(18)26/h3-6,14H,7-11,13H2,1-2H3,(H2,28,30)(H2,29,31)/t14-/m1/s1. The summed E-state index contributed by atoms with van der Waals surface area (Å²) in [7, 11) is 1.57. The van der Waals surface area contributed by atoms with E-state index < -0.39 is 0 Å². The summed E-state index contributed by atoms with van der Waals surface area (Å²) in [5.41, 5.74) is 14.1. The van der Waals surface area contributed by atoms with Crippen molar-refractivity contribution < 1.29 is 13.9 Å². The molecule has 0 bridgehead atoms. The predicted octanol–water partition coefficient (Wildman–Crippen LogP) is 2.06. The van der Waals surface area contributed by atoms with Gasteiger partial charge in [0.2, 0.25) is 5.91 Å². The molecule has 1 atom stereocenters. The number of methoxy groups -OCH3 is 1. The Kier molecular flexibility index (Phi) is 5.97. The third kappa shape index (κ3) is 3.70. The zero-order valence-corrected chi connectivity index (χ0v) is 20.2. The quantitative estimate of drug-likeness (QED) is 0.550. The fraction of sp³-hybridized carbons (Fsp3) is 0.360. The van der Waals surface area contributed by atoms with E-state index in [1.165, 1.54) is 6.07 Å². The molecule has 1 fully saturated rings. The predicted molar refractivity (Wildman–Crippen MR) is 136 cm³/mol. The molecule has 5 rings (SSSR count). The largest absolute Gasteiger partial charge is 0.383 e. The number of halogens is 1. The van der Waals surface area contributed by atoms with Crippen LogP contribution in [0.25, 0.3) is 10.8 Å². The highest BCUT2D eigenvalue weighted by atomic mass is 19.1. The normalized spacial score (nSPS) is 16.4. The molecule has 0 aliphatic carbocycles. The number of ether oxygens (including phenoxy) is 1. The maximum absolute atomic E-state index is 14.3. The molecule has 1 amide bonds. The van der Waals surface area contributed by atoms with Gasteiger partial charge in [0.15, 0.2) is 0 Å². The Bertz CT molecular complexity index is 1400. The van der Waals surface area contributed by atoms with Gasteiger partial charge in [-0.2, -0.15) is 5.26 Å². The fourth-order valence-corrected chi connectivity index (χ4v) is 5.19. The summed E-state index contributed by atoms with van der Waals surface area (Å²) in [6.07, 6.45) is 0.0752. The van der Waals surface area contributed by atoms with Crippen molar-refractivity contribution in [1.82, 2.24) is 9.97 Å². The summed E-state index contributed by atoms with van der Waals surface area (Å²) < 4.78 is 19.5. The molecule has 0 spiro atoms. The maximum Gasteiger partial charge on any atom is 0.233 e. The molecular weight excluding hydrogens is 463 g/mol. The number of hydrogen-bond acceptors (Lipinski definition) is 9. The van der Waals surface area contributed by atoms with Crippen LogP contribution in [0.15, 0.2) is 24.3 Å². The lowest BCUT2D eigenvalue weighted by molar-refractivity contribution is -0.118. The first kappa shape index (κ1) is 23.6. The van der Waals surface area contributed by atoms with Gasteiger partial charge in [0, 0.05) is 44.2 Å². The highest BCUT2D eigenvalue weighted by Crippen LogP contribution is 2.42. The summed E-state index contributed by atoms with van der Waals surface area (Å²) in [6, 6.07) is 8.69. The Balaban J connectivity index is 1.57. The van der Waals surface area contributed by atoms with Crippen molar-refractivity contribution in [3.63, 3.8) is 0 Å². The van der Waals surface area contributed by atoms with Gasteiger partial charge in [0.1, 0.15) is 40.7 Å². The van der Waals surface area contributed by atoms with Gasteiger partial charge in [-0.3, -0.25) is 9.69 Å². The van der Waals surface area contributed by atoms with Crippen LogP contribution in [0.2, 0.25) is 0 Å². The number of nitrogens with zero attached hydrogens (tertiary/aromatic N) is 6. The highest BCUT2D eigenvalue weighted by molar-refractivity contribution is 6.13. The lowest BCUT2D eigenvalue weighted by Crippen LogP contribution is -2.47. The van der Waals surface area contributed by atoms with Crippen LogP contribution in [0.3, 0.4) is 0 Å². The Labute approximate surface area is 207 Å². The van der Waals surface area contributed by atoms with Gasteiger partial charge in [0.25, 0.3) is 0 Å². The third-order valence-electron chi connectivity index (χ3n) is 6.82. The van der Waals surface area contributed by atoms with Gasteiger partial charge in [-0.1, -0.05) is 12.1 Å². The van der Waals surface area contributed by atoms with E-state index in [4.69, 9.17) is 16.2 Å². The van der Waals surface area contributed by atoms with Gasteiger partial charge in [-0.15, -0.1) is 0 Å². The smallest absolute Gasteiger partial charge is 0.233 e. The molecule has 36 heavy (non-hydrogen) atoms. The summed E-state index contributed by atoms with van der Waals surface area (Å²) >= 11 is 0. The zero-order valence-electron chi connectivity index (χ0n) is 20.2. The number of rotatable bonds is 5. The van der Waals surface area contributed by atoms with E-state index in [1.54, 1.807) is 30.2 Å². The second-order valence-electron chi connectivity index (χ2n) is 9.03. The number of carbonyl (C=O) groups excluding carboxylic acids is 1. The lowest BCUT2D eigenvalue weighted by Gasteiger charge is -2.37. The van der Waals surface area contributed by atoms with Crippen LogP contribution in [0.4, 0.5) is 33.3 Å². The van der Waals surface area contributed by atoms with E-state index >= 15 is 0 Å². The van der Waals surface area contributed by atoms with E-state index in [-0.39, 0.29) is 35.8 Å². The summed E-state index contributed by atoms with van der Waals surface area (Å²) in [5.74, 6) is 0.705. The molecule has 0 radical (unpaired) electrons. The first-order chi connectivity index (χ1) is 17.3. The molecule has 1 saturated heterocycles. The van der Waals surface area contributed by atoms with Crippen LogP contribution in [-0.2, 0) is 16.0 Å². The topological polar surface area (TPSA) is 138 Å². The van der Waals surface area contributed by atoms with Crippen LogP contribution in [0.1, 0.15) is 18.1 Å². The molecule has 1 aromatic carbocycles. The Morgan fingerprint density at radius 2 is 1.72 bits per heavy atom. The molecule has 186 valence electrons. The Morgan fingerprint density at radius 1 is 1.08 bits per heavy atom. The second kappa shape index (κ2) is 9.13. The van der Waals surface area contributed by atoms with Crippen molar-refractivity contribution in [2.24, 2.45) is 0 Å². The van der Waals surface area contributed by atoms with Crippen molar-refractivity contribution >= 4 is 45.6 Å². The number of benzene rings is 1. The molecule has 2 aliphatic rings. The van der Waals surface area contributed by atoms with Crippen molar-refractivity contribution in [1.29, 1.82) is 5.26 Å². The van der Waals surface area contributed by atoms with Crippen LogP contribution >= 0.6 is 0 Å². The number of carbonyl (C=O) groups is 1. The van der Waals surface area contributed by atoms with Crippen molar-refractivity contribution in [3.05, 3.63) is 41.2 Å². The van der Waals surface area contributed by atoms with E-state index in [0.29, 0.717) is 72.0 Å². The number of nitrogens with two attached hydrogens (primary N) is 2. The van der Waals surface area contributed by atoms with Crippen molar-refractivity contribution in [3.8, 4) is 6.07 Å². The Hall–Kier alpha value is -4.17. The molecular formula is C25H27FN8O2. The van der Waals surface area contributed by atoms with Crippen LogP contribution in [0.5, 0.6) is 0 Å². The third-order valence-corrected chi connectivity index (χ3v) is 6.82. The van der Waals surface area contributed by atoms with Gasteiger partial charge in [-0.05, 0) is 19.1 Å². The molecule has 11 heteroatoms. The van der Waals surface area contributed by atoms with Crippen LogP contribution < -0.4 is 26.2 Å². The first-order valence-electron chi connectivity index (χ1n) is 11.7. The minimum absolute atomic E-state index is 0.0752. The molecule has 4 heterocycles. The van der Waals surface area contributed by atoms with Gasteiger partial charge in [-0.25, -0.2) is 14.4 Å². The minimum atomic E-state index is -0.271. The fourth-order valence-electron chi connectivity index (χ4n) is 5.19. The van der Waals surface area contributed by atoms with E-state index in [1.807, 2.05) is 16.7 Å². The highest BCUT2D eigenvalue weighted by Gasteiger charge is 2.37. The minimum Gasteiger partial charge on any atom is -0.383 e. The SMILES string of the molecule is COC[C@@H](C)N1C(=O)Cc2c1nc(N)c1c(N)nc(N3CCN(c4ccccc4F)CC3)c(C#N)c21. The van der Waals surface area contributed by atoms with Gasteiger partial charge >= 0.3 is 0 Å². The Morgan fingerprint density at radius 3 is 2.36 bits per heavy atom. The lowest BCUT2D eigenvalue weighted by atomic mass is 10.00. The summed E-state index contributed by atoms with van der Waals surface area (Å²) in [4.78, 5) is 27.5. The number of hydrogen-bond donors (Lipinski definition) is 2. The molecule has 0 unspecified atom stereocenters. The molecule has 2 aromatic heterocycles. The number of para-hydroxylation sites is 1. The zero-order chi connectivity index (χ0) is 25.6. The first-order valence-corrected chi connectivity index (χ1v) is 11.7. The molecule has 3 aromatic rings. The van der Waals surface area contributed by atoms with E-state index in [9.17, 15) is 14.4 Å². The van der Waals surface area contributed by atoms with E-state index in [0.717, 1.165) is 0 Å². The van der Waals surface area contributed by atoms with Crippen molar-refractivity contribution in [2.75, 3.05) is 66.1 Å². The average molecular weight is 491 g/mol. The summed E-state index contributed by atoms with van der Waals surface area (Å²) in [6.45, 7) is 4.31. The van der Waals surface area contributed by atoms with E-state index in [2.05, 4.69) is 16.0 Å². The van der Waals surface area contributed by atoms with Gasteiger partial charge < -0.3 is 26.0 Å². The number of anilines is 5. The number of nitriles is 1. The molecule has 4 N–H and O–H groups in total. The number of fused-ring (bicyclic) bond motifs is 3. The molecule has 10 nitrogen and oxygen atoms in total. The number of pyridine rings is 2. The second-order valence-corrected chi connectivity index (χ2v) is 9.03. The van der Waals surface area contributed by atoms with Crippen molar-refractivity contribution in [2.45, 2.75) is 19.4 Å². The average Bonchev–Trinajstić information content (AvgIpc) is 3.19. The van der Waals surface area contributed by atoms with Crippen LogP contribution in [0, 0.1) is 17.1 Å². The van der Waals surface area contributed by atoms with Crippen LogP contribution in [-0.4, -0.2) is 61.8 Å². The monoisotopic (exact) mass is 490 g/mol. The number of aromatic nitrogens is 2. The number of piperazine rings is 1. The summed E-state index contributed by atoms with van der Waals surface area (Å²) in [5, 5.41) is 11.2. The maximum atomic E-state index is 14.3. The molecule has 0 saturated carbocycles. The molecule has 2 aliphatic heterocycles. The number of amides is 1.